The fourth-order valence-electron chi connectivity index (χ4n) is 15.8. The van der Waals surface area contributed by atoms with Crippen molar-refractivity contribution < 1.29 is 82.7 Å². The van der Waals surface area contributed by atoms with Crippen LogP contribution in [0.25, 0.3) is 0 Å². The van der Waals surface area contributed by atoms with E-state index >= 15 is 0 Å². The number of carbonyl (C=O) groups excluding carboxylic acids is 2. The maximum absolute atomic E-state index is 11.4. The first-order valence-electron chi connectivity index (χ1n) is 38.2. The van der Waals surface area contributed by atoms with E-state index in [0.717, 1.165) is 171 Å². The number of nitriles is 3. The number of Topliss-reactive ketones (excluding diaryl/α,β-unsaturated/α-hetero) is 2. The zero-order chi connectivity index (χ0) is 84.4. The topological polar surface area (TPSA) is 237 Å². The largest absolute Gasteiger partial charge is 2.00 e. The van der Waals surface area contributed by atoms with Crippen LogP contribution in [0.3, 0.4) is 0 Å². The molecule has 0 bridgehead atoms. The van der Waals surface area contributed by atoms with E-state index in [-0.39, 0.29) is 118 Å². The van der Waals surface area contributed by atoms with Crippen LogP contribution in [0.5, 0.6) is 0 Å². The van der Waals surface area contributed by atoms with Crippen LogP contribution in [0.1, 0.15) is 225 Å². The van der Waals surface area contributed by atoms with Gasteiger partial charge in [0, 0.05) is 70.3 Å². The number of aliphatic hydroxyl groups is 4. The normalized spacial score (nSPS) is 27.3. The second-order valence-electron chi connectivity index (χ2n) is 31.1. The molecule has 30 heteroatoms. The second kappa shape index (κ2) is 57.7. The molecule has 12 rings (SSSR count). The van der Waals surface area contributed by atoms with Gasteiger partial charge in [-0.15, -0.1) is 34.8 Å². The Morgan fingerprint density at radius 2 is 0.888 bits per heavy atom. The monoisotopic (exact) mass is 2030 g/mol. The number of rotatable bonds is 9. The first-order chi connectivity index (χ1) is 52.8. The van der Waals surface area contributed by atoms with E-state index in [1.165, 1.54) is 12.8 Å². The molecule has 7 N–H and O–H groups in total. The first kappa shape index (κ1) is 118. The summed E-state index contributed by atoms with van der Waals surface area (Å²) in [5, 5.41) is 79.6. The number of halogens is 14. The molecule has 7 aliphatic rings. The molecular weight excluding hydrogens is 1920 g/mol. The quantitative estimate of drug-likeness (QED) is 0.0349. The number of nitrogens with two attached hydrogens (primary N) is 1. The number of nitrogens with zero attached hydrogens (tertiary/aromatic N) is 4. The Hall–Kier alpha value is 0.111. The van der Waals surface area contributed by atoms with Crippen molar-refractivity contribution in [2.45, 2.75) is 224 Å². The molecule has 5 aromatic carbocycles. The van der Waals surface area contributed by atoms with Gasteiger partial charge in [0.15, 0.2) is 5.78 Å². The van der Waals surface area contributed by atoms with Crippen LogP contribution in [0.2, 0.25) is 50.2 Å². The van der Waals surface area contributed by atoms with Crippen molar-refractivity contribution in [2.24, 2.45) is 38.7 Å². The van der Waals surface area contributed by atoms with Crippen LogP contribution in [0.4, 0.5) is 0 Å². The van der Waals surface area contributed by atoms with Crippen molar-refractivity contribution in [3.63, 3.8) is 0 Å². The molecule has 1 heterocycles. The molecule has 0 amide bonds. The van der Waals surface area contributed by atoms with Crippen LogP contribution >= 0.6 is 162 Å². The fourth-order valence-corrected chi connectivity index (χ4v) is 17.2. The summed E-state index contributed by atoms with van der Waals surface area (Å²) in [6.07, 6.45) is 24.2. The molecule has 1 saturated heterocycles. The summed E-state index contributed by atoms with van der Waals surface area (Å²) in [4.78, 5) is 26.0. The number of alkyl halides is 3. The maximum atomic E-state index is 11.4. The molecule has 6 aliphatic carbocycles. The van der Waals surface area contributed by atoms with Gasteiger partial charge in [0.05, 0.1) is 85.9 Å². The summed E-state index contributed by atoms with van der Waals surface area (Å²) in [6, 6.07) is 35.6. The summed E-state index contributed by atoms with van der Waals surface area (Å²) in [6.45, 7) is 14.0. The van der Waals surface area contributed by atoms with E-state index in [1.54, 1.807) is 67.6 Å². The van der Waals surface area contributed by atoms with Crippen LogP contribution in [0, 0.1) is 73.1 Å². The first-order valence-corrected chi connectivity index (χ1v) is 45.2. The van der Waals surface area contributed by atoms with Crippen molar-refractivity contribution in [2.75, 3.05) is 64.3 Å². The fraction of sp³-hybridized carbons (Fsp3) is 0.593. The van der Waals surface area contributed by atoms with Crippen molar-refractivity contribution in [3.8, 4) is 18.2 Å². The minimum absolute atomic E-state index is 0. The molecule has 13 nitrogen and oxygen atoms in total. The van der Waals surface area contributed by atoms with E-state index in [2.05, 4.69) is 85.9 Å². The van der Waals surface area contributed by atoms with Gasteiger partial charge in [-0.3, -0.25) is 9.59 Å². The second-order valence-corrected chi connectivity index (χ2v) is 36.0. The Balaban J connectivity index is -0.00000128. The Bertz CT molecular complexity index is 3890. The number of carbonyl (C=O) groups is 2. The number of hydrogen-bond acceptors (Lipinski definition) is 13. The molecule has 3 radical (unpaired) electrons. The predicted molar refractivity (Wildman–Crippen MR) is 489 cm³/mol. The zero-order valence-corrected chi connectivity index (χ0v) is 85.0. The van der Waals surface area contributed by atoms with E-state index in [1.807, 2.05) is 55.3 Å². The van der Waals surface area contributed by atoms with Crippen LogP contribution < -0.4 is 57.6 Å². The van der Waals surface area contributed by atoms with Gasteiger partial charge in [0.25, 0.3) is 0 Å². The third-order valence-electron chi connectivity index (χ3n) is 22.9. The molecule has 116 heavy (non-hydrogen) atoms. The SMILES string of the molecule is C1CCOC1.CC1(C#N)CCCCC1=O.CI.CN(C)C[C@]1(C)CCCC[C@@]1(O)c1ccc(Cl)c(Cl)c1.CNC[C@]1(C)CCCC[C@@]1(O)c1ccc(Cl)c(Cl)c1.C[C@@]1(C#N)CCCC[C@@]1(O)c1ccc(Cl)c(Cl)c1.C[C@@]1(CN)CCCC[C@@]1(O)c1ccc(Cl)c(Cl)c1.ClCCl.Clc1c[c-]ccc1Cl.N#CC1CCCCC1=O.[B].[Br-].[H-].[Mg+2].[Na+]. The summed E-state index contributed by atoms with van der Waals surface area (Å²) in [5.74, 6) is -0.0104. The minimum Gasteiger partial charge on any atom is -1.00 e. The number of hydrogen-bond donors (Lipinski definition) is 6. The smallest absolute Gasteiger partial charge is 1.00 e. The van der Waals surface area contributed by atoms with E-state index in [9.17, 15) is 35.3 Å². The molecule has 10 atom stereocenters. The number of nitrogens with one attached hydrogen (secondary N) is 1. The van der Waals surface area contributed by atoms with Crippen LogP contribution in [-0.4, -0.2) is 133 Å². The molecule has 6 saturated carbocycles. The molecule has 5 aromatic rings. The van der Waals surface area contributed by atoms with Gasteiger partial charge in [-0.25, -0.2) is 0 Å². The van der Waals surface area contributed by atoms with Gasteiger partial charge in [-0.1, -0.05) is 235 Å². The van der Waals surface area contributed by atoms with Crippen molar-refractivity contribution in [1.29, 1.82) is 15.8 Å². The molecule has 0 aromatic heterocycles. The minimum atomic E-state index is -1.14. The third kappa shape index (κ3) is 33.4. The number of ketones is 2. The van der Waals surface area contributed by atoms with Gasteiger partial charge in [0.2, 0.25) is 0 Å². The average molecular weight is 2040 g/mol. The molecular formula is C86H115BBrCl12IMgN6NaO7. The van der Waals surface area contributed by atoms with Gasteiger partial charge in [-0.2, -0.15) is 51.7 Å². The number of benzene rings is 5. The van der Waals surface area contributed by atoms with Gasteiger partial charge < -0.3 is 59.5 Å². The van der Waals surface area contributed by atoms with Crippen molar-refractivity contribution >= 4 is 205 Å². The molecule has 7 fully saturated rings. The Labute approximate surface area is 818 Å². The van der Waals surface area contributed by atoms with Crippen LogP contribution in [-0.2, 0) is 36.7 Å². The van der Waals surface area contributed by atoms with Crippen LogP contribution in [0.15, 0.2) is 91.0 Å². The zero-order valence-electron chi connectivity index (χ0n) is 69.8. The predicted octanol–water partition coefficient (Wildman–Crippen LogP) is 18.7. The van der Waals surface area contributed by atoms with E-state index in [4.69, 9.17) is 160 Å². The molecule has 2 unspecified atom stereocenters. The Morgan fingerprint density at radius 1 is 0.526 bits per heavy atom. The van der Waals surface area contributed by atoms with Crippen molar-refractivity contribution in [1.82, 2.24) is 10.2 Å². The van der Waals surface area contributed by atoms with Gasteiger partial charge in [-0.05, 0) is 201 Å². The Kier molecular flexibility index (Phi) is 58.8. The molecule has 1 aliphatic heterocycles. The molecule has 0 spiro atoms. The Morgan fingerprint density at radius 3 is 1.21 bits per heavy atom. The summed E-state index contributed by atoms with van der Waals surface area (Å²) < 4.78 is 4.94. The maximum Gasteiger partial charge on any atom is 2.00 e. The number of ether oxygens (including phenoxy) is 1. The molecule has 635 valence electrons. The van der Waals surface area contributed by atoms with E-state index < -0.39 is 33.2 Å². The summed E-state index contributed by atoms with van der Waals surface area (Å²) in [7, 11) is 6.03. The summed E-state index contributed by atoms with van der Waals surface area (Å²) >= 11 is 70.9. The van der Waals surface area contributed by atoms with Gasteiger partial charge in [0.1, 0.15) is 22.7 Å². The average Bonchev–Trinajstić information content (AvgIpc) is 0.839. The third-order valence-corrected chi connectivity index (χ3v) is 26.6. The van der Waals surface area contributed by atoms with Gasteiger partial charge >= 0.3 is 52.6 Å². The summed E-state index contributed by atoms with van der Waals surface area (Å²) in [5.41, 5.74) is 3.33. The van der Waals surface area contributed by atoms with Crippen molar-refractivity contribution in [3.05, 3.63) is 170 Å². The standard InChI is InChI=1S/C16H23Cl2NO.C15H21Cl2NO.C14H19Cl2NO.C14H15Cl2NO.C8H11NO.C7H9NO.C6H3Cl2.C4H8O.CH2Cl2.CH3I.B.BrH.Mg.Na.H/c1-15(11-19(2)3)8-4-5-9-16(15,20)12-6-7-13(17)14(18)10-12;1-14(10-18-2)7-3-4-8-15(14,19)11-5-6-12(16)13(17)9-11;2*1-13(9-17)6-2-3-7-14(13,18)10-4-5-11(15)12(16)8-10;1-8(6-9)5-3-2-4-7(8)10;8-5-6-3-1-2-4-7(6)9;7-5-3-1-2-4-6(5)8;1-2-4-5-3-1;2-1-3;1-2;;;;;/h6-7,10,20H,4-5,8-9,11H2,1-3H3;5-6,9,18-19H,3-4,7-8,10H2,1-2H3;4-5,8,18H,2-3,6-7,9,17H2,1H3;4-5,8,18H,2-3,6-7H2,1H3;2-5H2,1H3;6H,1-4H2;1,3-4H;1-4H2;1H2;1H3;;1H;;;/q;;;;;;-1;;;;;;+2;+1;-1/p-1/t15-,16+;14-,15+;2*13-,14+;;;;;;;;;;;/m0000.........../s1. The van der Waals surface area contributed by atoms with E-state index in [0.29, 0.717) is 88.0 Å².